The van der Waals surface area contributed by atoms with Gasteiger partial charge in [-0.2, -0.15) is 11.8 Å². The smallest absolute Gasteiger partial charge is 0.0449 e. The van der Waals surface area contributed by atoms with Crippen molar-refractivity contribution in [2.24, 2.45) is 0 Å². The molecule has 1 aromatic rings. The van der Waals surface area contributed by atoms with Crippen molar-refractivity contribution in [1.29, 1.82) is 0 Å². The highest BCUT2D eigenvalue weighted by molar-refractivity contribution is 7.98. The lowest BCUT2D eigenvalue weighted by molar-refractivity contribution is 0.218. The molecule has 2 rings (SSSR count). The minimum absolute atomic E-state index is 0.484. The summed E-state index contributed by atoms with van der Waals surface area (Å²) >= 11 is 1.94. The number of hydrogen-bond acceptors (Lipinski definition) is 3. The van der Waals surface area contributed by atoms with Crippen LogP contribution in [0.1, 0.15) is 24.9 Å². The van der Waals surface area contributed by atoms with E-state index < -0.39 is 0 Å². The molecule has 3 heteroatoms. The van der Waals surface area contributed by atoms with Crippen LogP contribution in [0.5, 0.6) is 0 Å². The average Bonchev–Trinajstić information content (AvgIpc) is 2.60. The van der Waals surface area contributed by atoms with E-state index in [0.29, 0.717) is 12.1 Å². The topological polar surface area (TPSA) is 15.3 Å². The van der Waals surface area contributed by atoms with Crippen molar-refractivity contribution in [3.8, 4) is 0 Å². The van der Waals surface area contributed by atoms with E-state index in [4.69, 9.17) is 0 Å². The first-order valence-electron chi connectivity index (χ1n) is 6.82. The molecule has 0 saturated carbocycles. The van der Waals surface area contributed by atoms with Gasteiger partial charge in [0.25, 0.3) is 0 Å². The number of hydrogen-bond donors (Lipinski definition) is 1. The van der Waals surface area contributed by atoms with E-state index in [1.165, 1.54) is 24.3 Å². The minimum Gasteiger partial charge on any atom is -0.309 e. The Balaban J connectivity index is 2.03. The van der Waals surface area contributed by atoms with Crippen LogP contribution in [-0.4, -0.2) is 42.6 Å². The van der Waals surface area contributed by atoms with Gasteiger partial charge in [-0.25, -0.2) is 0 Å². The lowest BCUT2D eigenvalue weighted by Gasteiger charge is -2.29. The average molecular weight is 264 g/mol. The molecule has 1 aromatic carbocycles. The SMILES string of the molecule is CSCCN1CC(c2ccccc2)NCCC1C. The van der Waals surface area contributed by atoms with Crippen LogP contribution >= 0.6 is 11.8 Å². The third-order valence-electron chi connectivity index (χ3n) is 3.78. The molecule has 0 bridgehead atoms. The number of thioether (sulfide) groups is 1. The zero-order chi connectivity index (χ0) is 12.8. The Hall–Kier alpha value is -0.510. The minimum atomic E-state index is 0.484. The molecular formula is C15H24N2S. The van der Waals surface area contributed by atoms with E-state index in [9.17, 15) is 0 Å². The maximum absolute atomic E-state index is 3.69. The van der Waals surface area contributed by atoms with Gasteiger partial charge in [-0.1, -0.05) is 30.3 Å². The van der Waals surface area contributed by atoms with Crippen molar-refractivity contribution >= 4 is 11.8 Å². The predicted octanol–water partition coefficient (Wildman–Crippen LogP) is 2.77. The highest BCUT2D eigenvalue weighted by Gasteiger charge is 2.23. The van der Waals surface area contributed by atoms with E-state index >= 15 is 0 Å². The normalized spacial score (nSPS) is 25.9. The molecule has 1 aliphatic rings. The first-order chi connectivity index (χ1) is 8.81. The van der Waals surface area contributed by atoms with Crippen LogP contribution in [0, 0.1) is 0 Å². The summed E-state index contributed by atoms with van der Waals surface area (Å²) in [5.41, 5.74) is 1.42. The number of nitrogens with zero attached hydrogens (tertiary/aromatic N) is 1. The predicted molar refractivity (Wildman–Crippen MR) is 81.2 cm³/mol. The van der Waals surface area contributed by atoms with Crippen molar-refractivity contribution in [3.05, 3.63) is 35.9 Å². The second-order valence-electron chi connectivity index (χ2n) is 5.04. The van der Waals surface area contributed by atoms with Crippen molar-refractivity contribution in [3.63, 3.8) is 0 Å². The van der Waals surface area contributed by atoms with E-state index in [0.717, 1.165) is 13.1 Å². The van der Waals surface area contributed by atoms with E-state index in [-0.39, 0.29) is 0 Å². The summed E-state index contributed by atoms with van der Waals surface area (Å²) in [4.78, 5) is 2.63. The number of nitrogens with one attached hydrogen (secondary N) is 1. The van der Waals surface area contributed by atoms with Crippen LogP contribution < -0.4 is 5.32 Å². The van der Waals surface area contributed by atoms with Crippen LogP contribution in [-0.2, 0) is 0 Å². The summed E-state index contributed by atoms with van der Waals surface area (Å²) in [5, 5.41) is 3.69. The van der Waals surface area contributed by atoms with Crippen LogP contribution in [0.4, 0.5) is 0 Å². The van der Waals surface area contributed by atoms with Gasteiger partial charge in [0.1, 0.15) is 0 Å². The molecule has 1 N–H and O–H groups in total. The molecule has 100 valence electrons. The quantitative estimate of drug-likeness (QED) is 0.900. The van der Waals surface area contributed by atoms with E-state index in [1.54, 1.807) is 0 Å². The van der Waals surface area contributed by atoms with Gasteiger partial charge in [0.15, 0.2) is 0 Å². The largest absolute Gasteiger partial charge is 0.309 e. The second kappa shape index (κ2) is 7.17. The van der Waals surface area contributed by atoms with Crippen molar-refractivity contribution in [1.82, 2.24) is 10.2 Å². The van der Waals surface area contributed by atoms with Gasteiger partial charge in [-0.05, 0) is 31.7 Å². The Morgan fingerprint density at radius 1 is 1.33 bits per heavy atom. The van der Waals surface area contributed by atoms with Gasteiger partial charge >= 0.3 is 0 Å². The first kappa shape index (κ1) is 13.9. The third-order valence-corrected chi connectivity index (χ3v) is 4.37. The first-order valence-corrected chi connectivity index (χ1v) is 8.22. The summed E-state index contributed by atoms with van der Waals surface area (Å²) in [6.45, 7) is 5.81. The van der Waals surface area contributed by atoms with Crippen molar-refractivity contribution < 1.29 is 0 Å². The third kappa shape index (κ3) is 3.74. The lowest BCUT2D eigenvalue weighted by Crippen LogP contribution is -2.37. The summed E-state index contributed by atoms with van der Waals surface area (Å²) in [7, 11) is 0. The number of rotatable bonds is 4. The molecule has 2 unspecified atom stereocenters. The molecule has 2 nitrogen and oxygen atoms in total. The Morgan fingerprint density at radius 2 is 2.11 bits per heavy atom. The lowest BCUT2D eigenvalue weighted by atomic mass is 10.1. The molecule has 0 amide bonds. The van der Waals surface area contributed by atoms with Gasteiger partial charge in [-0.3, -0.25) is 4.90 Å². The molecule has 0 aliphatic carbocycles. The standard InChI is InChI=1S/C15H24N2S/c1-13-8-9-16-15(12-17(13)10-11-18-2)14-6-4-3-5-7-14/h3-7,13,15-16H,8-12H2,1-2H3. The zero-order valence-corrected chi connectivity index (χ0v) is 12.2. The fraction of sp³-hybridized carbons (Fsp3) is 0.600. The Kier molecular flexibility index (Phi) is 5.54. The fourth-order valence-electron chi connectivity index (χ4n) is 2.56. The summed E-state index contributed by atoms with van der Waals surface area (Å²) in [6.07, 6.45) is 3.44. The van der Waals surface area contributed by atoms with E-state index in [2.05, 4.69) is 53.7 Å². The molecule has 0 spiro atoms. The monoisotopic (exact) mass is 264 g/mol. The van der Waals surface area contributed by atoms with Crippen molar-refractivity contribution in [2.75, 3.05) is 31.6 Å². The molecular weight excluding hydrogens is 240 g/mol. The molecule has 2 atom stereocenters. The summed E-state index contributed by atoms with van der Waals surface area (Å²) < 4.78 is 0. The Morgan fingerprint density at radius 3 is 2.83 bits per heavy atom. The van der Waals surface area contributed by atoms with E-state index in [1.807, 2.05) is 11.8 Å². The van der Waals surface area contributed by atoms with Gasteiger partial charge in [0, 0.05) is 30.9 Å². The Labute approximate surface area is 115 Å². The molecule has 0 aromatic heterocycles. The molecule has 0 radical (unpaired) electrons. The maximum Gasteiger partial charge on any atom is 0.0449 e. The van der Waals surface area contributed by atoms with Crippen LogP contribution in [0.25, 0.3) is 0 Å². The van der Waals surface area contributed by atoms with Gasteiger partial charge in [0.2, 0.25) is 0 Å². The Bertz CT molecular complexity index is 342. The molecule has 1 fully saturated rings. The van der Waals surface area contributed by atoms with Crippen LogP contribution in [0.3, 0.4) is 0 Å². The molecule has 1 heterocycles. The molecule has 1 saturated heterocycles. The highest BCUT2D eigenvalue weighted by Crippen LogP contribution is 2.19. The van der Waals surface area contributed by atoms with Gasteiger partial charge in [-0.15, -0.1) is 0 Å². The van der Waals surface area contributed by atoms with Crippen LogP contribution in [0.15, 0.2) is 30.3 Å². The number of benzene rings is 1. The highest BCUT2D eigenvalue weighted by atomic mass is 32.2. The van der Waals surface area contributed by atoms with Crippen LogP contribution in [0.2, 0.25) is 0 Å². The zero-order valence-electron chi connectivity index (χ0n) is 11.4. The van der Waals surface area contributed by atoms with Gasteiger partial charge < -0.3 is 5.32 Å². The van der Waals surface area contributed by atoms with Gasteiger partial charge in [0.05, 0.1) is 0 Å². The fourth-order valence-corrected chi connectivity index (χ4v) is 2.97. The second-order valence-corrected chi connectivity index (χ2v) is 6.03. The maximum atomic E-state index is 3.69. The van der Waals surface area contributed by atoms with Crippen molar-refractivity contribution in [2.45, 2.75) is 25.4 Å². The molecule has 1 aliphatic heterocycles. The summed E-state index contributed by atoms with van der Waals surface area (Å²) in [5.74, 6) is 1.23. The molecule has 18 heavy (non-hydrogen) atoms. The summed E-state index contributed by atoms with van der Waals surface area (Å²) in [6, 6.07) is 12.0.